The fourth-order valence-electron chi connectivity index (χ4n) is 8.29. The molecule has 0 amide bonds. The van der Waals surface area contributed by atoms with Crippen molar-refractivity contribution in [3.8, 4) is 56.7 Å². The molecule has 0 spiro atoms. The molecule has 8 aromatic carbocycles. The van der Waals surface area contributed by atoms with Crippen molar-refractivity contribution in [2.75, 3.05) is 0 Å². The van der Waals surface area contributed by atoms with Crippen LogP contribution in [0.1, 0.15) is 0 Å². The van der Waals surface area contributed by atoms with Crippen molar-refractivity contribution in [2.24, 2.45) is 0 Å². The molecule has 0 fully saturated rings. The maximum absolute atomic E-state index is 5.25. The van der Waals surface area contributed by atoms with E-state index in [1.54, 1.807) is 0 Å². The number of rotatable bonds is 6. The molecule has 0 aliphatic rings. The first kappa shape index (κ1) is 31.9. The lowest BCUT2D eigenvalue weighted by atomic mass is 9.91. The average molecular weight is 716 g/mol. The van der Waals surface area contributed by atoms with E-state index in [0.29, 0.717) is 17.6 Å². The molecule has 0 saturated carbocycles. The van der Waals surface area contributed by atoms with E-state index in [1.165, 1.54) is 16.3 Å². The largest absolute Gasteiger partial charge is 0.309 e. The molecule has 5 heteroatoms. The van der Waals surface area contributed by atoms with E-state index >= 15 is 0 Å². The number of aromatic nitrogens is 5. The third kappa shape index (κ3) is 5.13. The van der Waals surface area contributed by atoms with E-state index in [4.69, 9.17) is 15.0 Å². The molecule has 0 atom stereocenters. The van der Waals surface area contributed by atoms with Crippen molar-refractivity contribution >= 4 is 43.6 Å². The van der Waals surface area contributed by atoms with Gasteiger partial charge in [-0.3, -0.25) is 4.57 Å². The molecule has 56 heavy (non-hydrogen) atoms. The zero-order valence-electron chi connectivity index (χ0n) is 30.3. The predicted molar refractivity (Wildman–Crippen MR) is 230 cm³/mol. The van der Waals surface area contributed by atoms with E-state index < -0.39 is 0 Å². The van der Waals surface area contributed by atoms with Gasteiger partial charge in [0.05, 0.1) is 22.1 Å². The number of nitrogens with zero attached hydrogens (tertiary/aromatic N) is 5. The van der Waals surface area contributed by atoms with Gasteiger partial charge in [-0.2, -0.15) is 9.97 Å². The van der Waals surface area contributed by atoms with Gasteiger partial charge >= 0.3 is 0 Å². The molecule has 0 aliphatic heterocycles. The predicted octanol–water partition coefficient (Wildman–Crippen LogP) is 12.7. The zero-order chi connectivity index (χ0) is 37.0. The van der Waals surface area contributed by atoms with Gasteiger partial charge in [-0.1, -0.05) is 164 Å². The second-order valence-electron chi connectivity index (χ2n) is 14.0. The molecule has 3 heterocycles. The Morgan fingerprint density at radius 1 is 0.304 bits per heavy atom. The summed E-state index contributed by atoms with van der Waals surface area (Å²) in [4.78, 5) is 15.5. The summed E-state index contributed by atoms with van der Waals surface area (Å²) in [5, 5.41) is 4.66. The van der Waals surface area contributed by atoms with E-state index in [-0.39, 0.29) is 0 Å². The number of para-hydroxylation sites is 4. The highest BCUT2D eigenvalue weighted by Gasteiger charge is 2.23. The zero-order valence-corrected chi connectivity index (χ0v) is 30.3. The summed E-state index contributed by atoms with van der Waals surface area (Å²) < 4.78 is 4.63. The van der Waals surface area contributed by atoms with Gasteiger partial charge in [-0.05, 0) is 53.1 Å². The maximum atomic E-state index is 5.25. The molecule has 0 saturated heterocycles. The molecule has 0 aliphatic carbocycles. The minimum absolute atomic E-state index is 0.569. The third-order valence-corrected chi connectivity index (χ3v) is 10.8. The van der Waals surface area contributed by atoms with Crippen LogP contribution in [-0.2, 0) is 0 Å². The summed E-state index contributed by atoms with van der Waals surface area (Å²) in [5.74, 6) is 1.82. The Bertz CT molecular complexity index is 3160. The van der Waals surface area contributed by atoms with Crippen molar-refractivity contribution in [2.45, 2.75) is 0 Å². The van der Waals surface area contributed by atoms with Gasteiger partial charge in [0.15, 0.2) is 11.6 Å². The van der Waals surface area contributed by atoms with Crippen molar-refractivity contribution < 1.29 is 0 Å². The molecule has 0 unspecified atom stereocenters. The first-order valence-corrected chi connectivity index (χ1v) is 18.9. The molecule has 3 aromatic heterocycles. The van der Waals surface area contributed by atoms with E-state index in [1.807, 2.05) is 36.4 Å². The highest BCUT2D eigenvalue weighted by Crippen LogP contribution is 2.45. The normalized spacial score (nSPS) is 11.6. The first-order valence-electron chi connectivity index (χ1n) is 18.9. The van der Waals surface area contributed by atoms with Crippen LogP contribution in [0, 0.1) is 0 Å². The van der Waals surface area contributed by atoms with Gasteiger partial charge in [0.25, 0.3) is 0 Å². The number of benzene rings is 8. The highest BCUT2D eigenvalue weighted by atomic mass is 15.2. The monoisotopic (exact) mass is 715 g/mol. The van der Waals surface area contributed by atoms with Gasteiger partial charge in [-0.25, -0.2) is 4.98 Å². The minimum Gasteiger partial charge on any atom is -0.309 e. The Morgan fingerprint density at radius 2 is 0.804 bits per heavy atom. The fourth-order valence-corrected chi connectivity index (χ4v) is 8.29. The number of fused-ring (bicyclic) bond motifs is 6. The smallest absolute Gasteiger partial charge is 0.238 e. The average Bonchev–Trinajstić information content (AvgIpc) is 3.80. The summed E-state index contributed by atoms with van der Waals surface area (Å²) >= 11 is 0. The van der Waals surface area contributed by atoms with Crippen LogP contribution < -0.4 is 0 Å². The van der Waals surface area contributed by atoms with Crippen molar-refractivity contribution in [1.82, 2.24) is 24.1 Å². The van der Waals surface area contributed by atoms with Crippen LogP contribution in [0.3, 0.4) is 0 Å². The number of hydrogen-bond donors (Lipinski definition) is 0. The lowest BCUT2D eigenvalue weighted by molar-refractivity contribution is 0.954. The van der Waals surface area contributed by atoms with Gasteiger partial charge in [0.1, 0.15) is 0 Å². The third-order valence-electron chi connectivity index (χ3n) is 10.8. The van der Waals surface area contributed by atoms with Crippen LogP contribution in [-0.4, -0.2) is 24.1 Å². The quantitative estimate of drug-likeness (QED) is 0.172. The number of hydrogen-bond acceptors (Lipinski definition) is 3. The van der Waals surface area contributed by atoms with E-state index in [9.17, 15) is 0 Å². The van der Waals surface area contributed by atoms with Crippen molar-refractivity contribution in [3.63, 3.8) is 0 Å². The van der Waals surface area contributed by atoms with Crippen LogP contribution in [0.25, 0.3) is 100 Å². The molecule has 0 radical (unpaired) electrons. The topological polar surface area (TPSA) is 48.5 Å². The molecular weight excluding hydrogens is 683 g/mol. The highest BCUT2D eigenvalue weighted by molar-refractivity contribution is 6.17. The summed E-state index contributed by atoms with van der Waals surface area (Å²) in [6.45, 7) is 0. The van der Waals surface area contributed by atoms with Gasteiger partial charge in [0.2, 0.25) is 5.95 Å². The van der Waals surface area contributed by atoms with Crippen LogP contribution in [0.5, 0.6) is 0 Å². The van der Waals surface area contributed by atoms with Crippen LogP contribution in [0.4, 0.5) is 0 Å². The van der Waals surface area contributed by atoms with Crippen LogP contribution in [0.15, 0.2) is 200 Å². The SMILES string of the molecule is c1ccc(-c2nc(-c3ccccc3)nc(-n3c4ccccc4c4cccc(-c5cc6c7ccccc7n(-c7ccccc7)c6cc5-c5ccccc5)c43)n2)cc1. The van der Waals surface area contributed by atoms with Crippen molar-refractivity contribution in [1.29, 1.82) is 0 Å². The lowest BCUT2D eigenvalue weighted by Crippen LogP contribution is -2.07. The maximum Gasteiger partial charge on any atom is 0.238 e. The summed E-state index contributed by atoms with van der Waals surface area (Å²) in [6, 6.07) is 70.4. The molecule has 11 aromatic rings. The van der Waals surface area contributed by atoms with E-state index in [0.717, 1.165) is 66.4 Å². The molecule has 0 N–H and O–H groups in total. The van der Waals surface area contributed by atoms with Gasteiger partial charge in [0, 0.05) is 43.9 Å². The summed E-state index contributed by atoms with van der Waals surface area (Å²) in [5.41, 5.74) is 11.9. The molecule has 262 valence electrons. The Balaban J connectivity index is 1.27. The molecule has 11 rings (SSSR count). The Kier molecular flexibility index (Phi) is 7.42. The Labute approximate surface area is 323 Å². The van der Waals surface area contributed by atoms with Crippen LogP contribution in [0.2, 0.25) is 0 Å². The first-order chi connectivity index (χ1) is 27.8. The van der Waals surface area contributed by atoms with Crippen LogP contribution >= 0.6 is 0 Å². The molecule has 0 bridgehead atoms. The van der Waals surface area contributed by atoms with E-state index in [2.05, 4.69) is 173 Å². The fraction of sp³-hybridized carbons (Fsp3) is 0. The Hall–Kier alpha value is -7.63. The second-order valence-corrected chi connectivity index (χ2v) is 14.0. The molecular formula is C51H33N5. The second kappa shape index (κ2) is 13.0. The van der Waals surface area contributed by atoms with Gasteiger partial charge in [-0.15, -0.1) is 0 Å². The van der Waals surface area contributed by atoms with Gasteiger partial charge < -0.3 is 4.57 Å². The minimum atomic E-state index is 0.569. The lowest BCUT2D eigenvalue weighted by Gasteiger charge is -2.16. The Morgan fingerprint density at radius 3 is 1.43 bits per heavy atom. The molecule has 5 nitrogen and oxygen atoms in total. The summed E-state index contributed by atoms with van der Waals surface area (Å²) in [7, 11) is 0. The summed E-state index contributed by atoms with van der Waals surface area (Å²) in [6.07, 6.45) is 0. The van der Waals surface area contributed by atoms with Crippen molar-refractivity contribution in [3.05, 3.63) is 200 Å². The standard InChI is InChI=1S/C51H33N5/c1-5-18-34(19-6-1)42-33-47-44(39-27-14-15-30-45(39)55(47)37-24-11-4-12-25-37)32-43(42)41-29-17-28-40-38-26-13-16-31-46(38)56(48(40)41)51-53-49(35-20-7-2-8-21-35)52-50(54-51)36-22-9-3-10-23-36/h1-33H.